The summed E-state index contributed by atoms with van der Waals surface area (Å²) >= 11 is 6.22. The molecule has 29 heavy (non-hydrogen) atoms. The van der Waals surface area contributed by atoms with Crippen LogP contribution in [-0.2, 0) is 12.0 Å². The van der Waals surface area contributed by atoms with Gasteiger partial charge in [-0.05, 0) is 35.6 Å². The third-order valence-corrected chi connectivity index (χ3v) is 6.44. The minimum absolute atomic E-state index is 0.0551. The Labute approximate surface area is 174 Å². The number of hydrogen-bond donors (Lipinski definition) is 0. The number of carbonyl (C=O) groups is 1. The van der Waals surface area contributed by atoms with Crippen LogP contribution < -0.4 is 0 Å². The second-order valence-electron chi connectivity index (χ2n) is 7.76. The summed E-state index contributed by atoms with van der Waals surface area (Å²) in [5, 5.41) is 8.91. The van der Waals surface area contributed by atoms with Crippen molar-refractivity contribution < 1.29 is 4.79 Å². The van der Waals surface area contributed by atoms with Gasteiger partial charge in [0.1, 0.15) is 0 Å². The van der Waals surface area contributed by atoms with Gasteiger partial charge in [-0.15, -0.1) is 5.10 Å². The summed E-state index contributed by atoms with van der Waals surface area (Å²) in [5.41, 5.74) is 4.09. The Morgan fingerprint density at radius 3 is 2.66 bits per heavy atom. The highest BCUT2D eigenvalue weighted by Gasteiger charge is 2.39. The van der Waals surface area contributed by atoms with Crippen LogP contribution in [-0.4, -0.2) is 38.9 Å². The van der Waals surface area contributed by atoms with Crippen molar-refractivity contribution in [3.63, 3.8) is 0 Å². The number of hydrogen-bond acceptors (Lipinski definition) is 3. The van der Waals surface area contributed by atoms with Crippen molar-refractivity contribution in [2.75, 3.05) is 13.1 Å². The molecule has 0 radical (unpaired) electrons. The average molecular weight is 405 g/mol. The van der Waals surface area contributed by atoms with Gasteiger partial charge in [0.25, 0.3) is 5.91 Å². The molecule has 0 bridgehead atoms. The molecule has 0 unspecified atom stereocenters. The van der Waals surface area contributed by atoms with E-state index in [1.807, 2.05) is 29.2 Å². The maximum Gasteiger partial charge on any atom is 0.276 e. The Balaban J connectivity index is 1.27. The second-order valence-corrected chi connectivity index (χ2v) is 8.17. The van der Waals surface area contributed by atoms with E-state index >= 15 is 0 Å². The number of nitrogens with zero attached hydrogens (tertiary/aromatic N) is 4. The summed E-state index contributed by atoms with van der Waals surface area (Å²) in [6, 6.07) is 16.2. The number of piperidine rings is 1. The van der Waals surface area contributed by atoms with Crippen molar-refractivity contribution in [2.45, 2.75) is 24.8 Å². The van der Waals surface area contributed by atoms with Crippen molar-refractivity contribution in [3.05, 3.63) is 88.2 Å². The molecule has 2 aliphatic rings. The molecular weight excluding hydrogens is 384 g/mol. The lowest BCUT2D eigenvalue weighted by Crippen LogP contribution is -2.44. The van der Waals surface area contributed by atoms with Gasteiger partial charge in [0.2, 0.25) is 0 Å². The van der Waals surface area contributed by atoms with Crippen LogP contribution in [0.5, 0.6) is 0 Å². The van der Waals surface area contributed by atoms with Gasteiger partial charge in [-0.3, -0.25) is 4.79 Å². The van der Waals surface area contributed by atoms with Gasteiger partial charge in [0, 0.05) is 23.5 Å². The molecule has 1 spiro atoms. The quantitative estimate of drug-likeness (QED) is 0.658. The molecule has 1 aliphatic carbocycles. The van der Waals surface area contributed by atoms with E-state index in [1.165, 1.54) is 11.1 Å². The first kappa shape index (κ1) is 18.1. The molecule has 1 aliphatic heterocycles. The SMILES string of the molecule is O=C(c1cn(Cc2ccccc2Cl)nn1)N1CCC2(C=Cc3ccccc32)CC1. The Kier molecular flexibility index (Phi) is 4.47. The third kappa shape index (κ3) is 3.25. The standard InChI is InChI=1S/C23H21ClN4O/c24-20-8-4-2-6-18(20)15-28-16-21(25-26-28)22(29)27-13-11-23(12-14-27)10-9-17-5-1-3-7-19(17)23/h1-10,16H,11-15H2. The number of aromatic nitrogens is 3. The Bertz CT molecular complexity index is 1100. The molecular formula is C23H21ClN4O. The zero-order valence-corrected chi connectivity index (χ0v) is 16.7. The van der Waals surface area contributed by atoms with Crippen molar-refractivity contribution >= 4 is 23.6 Å². The Hall–Kier alpha value is -2.92. The number of carbonyl (C=O) groups excluding carboxylic acids is 1. The summed E-state index contributed by atoms with van der Waals surface area (Å²) in [5.74, 6) is -0.0551. The van der Waals surface area contributed by atoms with E-state index in [9.17, 15) is 4.79 Å². The summed E-state index contributed by atoms with van der Waals surface area (Å²) in [4.78, 5) is 14.8. The van der Waals surface area contributed by atoms with Crippen LogP contribution >= 0.6 is 11.6 Å². The Morgan fingerprint density at radius 1 is 1.07 bits per heavy atom. The predicted octanol–water partition coefficient (Wildman–Crippen LogP) is 4.18. The molecule has 0 atom stereocenters. The smallest absolute Gasteiger partial charge is 0.276 e. The van der Waals surface area contributed by atoms with Crippen molar-refractivity contribution in [2.24, 2.45) is 0 Å². The monoisotopic (exact) mass is 404 g/mol. The van der Waals surface area contributed by atoms with Gasteiger partial charge >= 0.3 is 0 Å². The van der Waals surface area contributed by atoms with Gasteiger partial charge in [-0.2, -0.15) is 0 Å². The second kappa shape index (κ2) is 7.16. The van der Waals surface area contributed by atoms with Crippen molar-refractivity contribution in [3.8, 4) is 0 Å². The highest BCUT2D eigenvalue weighted by atomic mass is 35.5. The number of benzene rings is 2. The van der Waals surface area contributed by atoms with E-state index in [-0.39, 0.29) is 11.3 Å². The number of rotatable bonds is 3. The van der Waals surface area contributed by atoms with Crippen molar-refractivity contribution in [1.82, 2.24) is 19.9 Å². The number of amides is 1. The zero-order chi connectivity index (χ0) is 19.8. The van der Waals surface area contributed by atoms with E-state index in [2.05, 4.69) is 46.7 Å². The highest BCUT2D eigenvalue weighted by molar-refractivity contribution is 6.31. The number of allylic oxidation sites excluding steroid dienone is 1. The van der Waals surface area contributed by atoms with Crippen LogP contribution in [0, 0.1) is 0 Å². The van der Waals surface area contributed by atoms with E-state index < -0.39 is 0 Å². The number of likely N-dealkylation sites (tertiary alicyclic amines) is 1. The van der Waals surface area contributed by atoms with E-state index in [0.717, 1.165) is 31.5 Å². The van der Waals surface area contributed by atoms with Crippen molar-refractivity contribution in [1.29, 1.82) is 0 Å². The Morgan fingerprint density at radius 2 is 1.83 bits per heavy atom. The van der Waals surface area contributed by atoms with Gasteiger partial charge in [0.15, 0.2) is 5.69 Å². The lowest BCUT2D eigenvalue weighted by atomic mass is 9.74. The molecule has 146 valence electrons. The molecule has 5 rings (SSSR count). The lowest BCUT2D eigenvalue weighted by molar-refractivity contribution is 0.0684. The van der Waals surface area contributed by atoms with E-state index in [4.69, 9.17) is 11.6 Å². The first-order chi connectivity index (χ1) is 14.1. The summed E-state index contributed by atoms with van der Waals surface area (Å²) in [7, 11) is 0. The fraction of sp³-hybridized carbons (Fsp3) is 0.261. The van der Waals surface area contributed by atoms with E-state index in [1.54, 1.807) is 10.9 Å². The fourth-order valence-corrected chi connectivity index (χ4v) is 4.61. The molecule has 1 fully saturated rings. The maximum atomic E-state index is 12.9. The van der Waals surface area contributed by atoms with Gasteiger partial charge in [-0.25, -0.2) is 4.68 Å². The summed E-state index contributed by atoms with van der Waals surface area (Å²) in [6.07, 6.45) is 8.10. The number of halogens is 1. The molecule has 6 heteroatoms. The molecule has 2 heterocycles. The van der Waals surface area contributed by atoms with Gasteiger partial charge in [0.05, 0.1) is 12.7 Å². The van der Waals surface area contributed by atoms with Gasteiger partial charge < -0.3 is 4.90 Å². The van der Waals surface area contributed by atoms with Crippen LogP contribution in [0.2, 0.25) is 5.02 Å². The molecule has 2 aromatic carbocycles. The molecule has 3 aromatic rings. The minimum Gasteiger partial charge on any atom is -0.337 e. The number of fused-ring (bicyclic) bond motifs is 2. The summed E-state index contributed by atoms with van der Waals surface area (Å²) < 4.78 is 1.66. The molecule has 1 saturated heterocycles. The fourth-order valence-electron chi connectivity index (χ4n) is 4.42. The molecule has 0 saturated carbocycles. The summed E-state index contributed by atoms with van der Waals surface area (Å²) in [6.45, 7) is 1.93. The van der Waals surface area contributed by atoms with Crippen LogP contribution in [0.25, 0.3) is 6.08 Å². The molecule has 1 aromatic heterocycles. The van der Waals surface area contributed by atoms with Crippen LogP contribution in [0.1, 0.15) is 40.0 Å². The first-order valence-corrected chi connectivity index (χ1v) is 10.2. The zero-order valence-electron chi connectivity index (χ0n) is 16.0. The van der Waals surface area contributed by atoms with Crippen LogP contribution in [0.4, 0.5) is 0 Å². The van der Waals surface area contributed by atoms with Crippen LogP contribution in [0.3, 0.4) is 0 Å². The average Bonchev–Trinajstić information content (AvgIpc) is 3.36. The predicted molar refractivity (Wildman–Crippen MR) is 113 cm³/mol. The molecule has 1 amide bonds. The third-order valence-electron chi connectivity index (χ3n) is 6.07. The lowest BCUT2D eigenvalue weighted by Gasteiger charge is -2.39. The largest absolute Gasteiger partial charge is 0.337 e. The molecule has 5 nitrogen and oxygen atoms in total. The highest BCUT2D eigenvalue weighted by Crippen LogP contribution is 2.43. The van der Waals surface area contributed by atoms with Crippen LogP contribution in [0.15, 0.2) is 60.8 Å². The van der Waals surface area contributed by atoms with E-state index in [0.29, 0.717) is 17.3 Å². The van der Waals surface area contributed by atoms with Gasteiger partial charge in [-0.1, -0.05) is 71.4 Å². The first-order valence-electron chi connectivity index (χ1n) is 9.86. The normalized spacial score (nSPS) is 16.9. The molecule has 0 N–H and O–H groups in total. The maximum absolute atomic E-state index is 12.9. The minimum atomic E-state index is -0.0551. The topological polar surface area (TPSA) is 51.0 Å².